The van der Waals surface area contributed by atoms with E-state index in [1.54, 1.807) is 0 Å². The van der Waals surface area contributed by atoms with E-state index in [1.165, 1.54) is 11.6 Å². The Labute approximate surface area is 122 Å². The smallest absolute Gasteiger partial charge is 0.332 e. The van der Waals surface area contributed by atoms with Crippen LogP contribution < -0.4 is 27.6 Å². The van der Waals surface area contributed by atoms with Crippen LogP contribution in [0.5, 0.6) is 0 Å². The molecule has 0 unspecified atom stereocenters. The lowest BCUT2D eigenvalue weighted by molar-refractivity contribution is -0.119. The van der Waals surface area contributed by atoms with Crippen molar-refractivity contribution in [2.45, 2.75) is 33.2 Å². The highest BCUT2D eigenvalue weighted by Crippen LogP contribution is 2.10. The zero-order chi connectivity index (χ0) is 16.0. The van der Waals surface area contributed by atoms with Gasteiger partial charge in [-0.15, -0.1) is 0 Å². The first kappa shape index (κ1) is 16.8. The van der Waals surface area contributed by atoms with E-state index in [0.29, 0.717) is 19.5 Å². The summed E-state index contributed by atoms with van der Waals surface area (Å²) in [6.07, 6.45) is 1.54. The summed E-state index contributed by atoms with van der Waals surface area (Å²) >= 11 is 0. The zero-order valence-electron chi connectivity index (χ0n) is 12.7. The molecule has 1 amide bonds. The third-order valence-corrected chi connectivity index (χ3v) is 3.03. The van der Waals surface area contributed by atoms with Crippen molar-refractivity contribution >= 4 is 17.4 Å². The molecule has 0 atom stereocenters. The molecule has 1 rings (SSSR count). The average Bonchev–Trinajstić information content (AvgIpc) is 2.47. The SMILES string of the molecule is CCCNC(=O)CNc1c(N)n(CCC)c(=O)n(C)c1=O. The maximum Gasteiger partial charge on any atom is 0.332 e. The first-order valence-corrected chi connectivity index (χ1v) is 7.03. The Kier molecular flexibility index (Phi) is 6.01. The Morgan fingerprint density at radius 2 is 1.90 bits per heavy atom. The molecular weight excluding hydrogens is 274 g/mol. The van der Waals surface area contributed by atoms with Gasteiger partial charge < -0.3 is 16.4 Å². The molecule has 118 valence electrons. The van der Waals surface area contributed by atoms with Crippen LogP contribution in [-0.2, 0) is 18.4 Å². The number of rotatable bonds is 7. The van der Waals surface area contributed by atoms with Gasteiger partial charge in [0.15, 0.2) is 0 Å². The molecule has 1 heterocycles. The molecule has 4 N–H and O–H groups in total. The molecule has 21 heavy (non-hydrogen) atoms. The van der Waals surface area contributed by atoms with Crippen molar-refractivity contribution in [2.24, 2.45) is 7.05 Å². The Morgan fingerprint density at radius 3 is 2.48 bits per heavy atom. The fourth-order valence-electron chi connectivity index (χ4n) is 1.88. The number of carbonyl (C=O) groups is 1. The third kappa shape index (κ3) is 3.87. The number of nitrogen functional groups attached to an aromatic ring is 1. The fraction of sp³-hybridized carbons (Fsp3) is 0.615. The summed E-state index contributed by atoms with van der Waals surface area (Å²) in [5.41, 5.74) is 4.97. The minimum atomic E-state index is -0.534. The first-order chi connectivity index (χ1) is 9.93. The van der Waals surface area contributed by atoms with Gasteiger partial charge in [0, 0.05) is 20.1 Å². The molecule has 0 bridgehead atoms. The van der Waals surface area contributed by atoms with Crippen LogP contribution in [0.25, 0.3) is 0 Å². The number of hydrogen-bond donors (Lipinski definition) is 3. The quantitative estimate of drug-likeness (QED) is 0.627. The van der Waals surface area contributed by atoms with Crippen molar-refractivity contribution in [3.63, 3.8) is 0 Å². The van der Waals surface area contributed by atoms with E-state index in [9.17, 15) is 14.4 Å². The van der Waals surface area contributed by atoms with E-state index in [4.69, 9.17) is 5.73 Å². The van der Waals surface area contributed by atoms with Crippen molar-refractivity contribution in [3.8, 4) is 0 Å². The van der Waals surface area contributed by atoms with Gasteiger partial charge in [-0.1, -0.05) is 13.8 Å². The van der Waals surface area contributed by atoms with Crippen LogP contribution in [0.2, 0.25) is 0 Å². The van der Waals surface area contributed by atoms with Crippen molar-refractivity contribution in [1.29, 1.82) is 0 Å². The maximum absolute atomic E-state index is 12.1. The van der Waals surface area contributed by atoms with E-state index in [2.05, 4.69) is 10.6 Å². The molecule has 0 saturated heterocycles. The molecular formula is C13H23N5O3. The molecule has 0 fully saturated rings. The topological polar surface area (TPSA) is 111 Å². The van der Waals surface area contributed by atoms with Crippen molar-refractivity contribution in [3.05, 3.63) is 20.8 Å². The summed E-state index contributed by atoms with van der Waals surface area (Å²) in [5.74, 6) is -0.167. The number of nitrogens with one attached hydrogen (secondary N) is 2. The van der Waals surface area contributed by atoms with E-state index in [0.717, 1.165) is 11.0 Å². The molecule has 0 aliphatic carbocycles. The molecule has 0 saturated carbocycles. The molecule has 0 spiro atoms. The van der Waals surface area contributed by atoms with Gasteiger partial charge in [-0.3, -0.25) is 18.7 Å². The predicted molar refractivity (Wildman–Crippen MR) is 82.4 cm³/mol. The van der Waals surface area contributed by atoms with Gasteiger partial charge in [-0.25, -0.2) is 4.79 Å². The fourth-order valence-corrected chi connectivity index (χ4v) is 1.88. The third-order valence-electron chi connectivity index (χ3n) is 3.03. The van der Waals surface area contributed by atoms with Crippen LogP contribution in [0.1, 0.15) is 26.7 Å². The lowest BCUT2D eigenvalue weighted by Crippen LogP contribution is -2.41. The van der Waals surface area contributed by atoms with Crippen molar-refractivity contribution < 1.29 is 4.79 Å². The second-order valence-electron chi connectivity index (χ2n) is 4.76. The van der Waals surface area contributed by atoms with Gasteiger partial charge >= 0.3 is 5.69 Å². The van der Waals surface area contributed by atoms with Gasteiger partial charge in [0.25, 0.3) is 5.56 Å². The second-order valence-corrected chi connectivity index (χ2v) is 4.76. The summed E-state index contributed by atoms with van der Waals surface area (Å²) in [4.78, 5) is 35.6. The molecule has 0 aliphatic rings. The maximum atomic E-state index is 12.1. The normalized spacial score (nSPS) is 10.4. The number of amides is 1. The van der Waals surface area contributed by atoms with E-state index in [-0.39, 0.29) is 24.0 Å². The predicted octanol–water partition coefficient (Wildman–Crippen LogP) is -0.523. The number of nitrogens with zero attached hydrogens (tertiary/aromatic N) is 2. The minimum absolute atomic E-state index is 0.0632. The van der Waals surface area contributed by atoms with Gasteiger partial charge in [0.1, 0.15) is 11.5 Å². The zero-order valence-corrected chi connectivity index (χ0v) is 12.7. The molecule has 0 aliphatic heterocycles. The number of nitrogens with two attached hydrogens (primary N) is 1. The minimum Gasteiger partial charge on any atom is -0.383 e. The highest BCUT2D eigenvalue weighted by atomic mass is 16.2. The van der Waals surface area contributed by atoms with E-state index < -0.39 is 11.2 Å². The van der Waals surface area contributed by atoms with Crippen LogP contribution >= 0.6 is 0 Å². The van der Waals surface area contributed by atoms with Crippen molar-refractivity contribution in [1.82, 2.24) is 14.5 Å². The highest BCUT2D eigenvalue weighted by molar-refractivity contribution is 5.81. The van der Waals surface area contributed by atoms with Gasteiger partial charge in [0.2, 0.25) is 5.91 Å². The van der Waals surface area contributed by atoms with Crippen LogP contribution in [0, 0.1) is 0 Å². The van der Waals surface area contributed by atoms with E-state index >= 15 is 0 Å². The van der Waals surface area contributed by atoms with Gasteiger partial charge in [-0.05, 0) is 12.8 Å². The Balaban J connectivity index is 3.04. The molecule has 1 aromatic heterocycles. The number of aromatic nitrogens is 2. The van der Waals surface area contributed by atoms with Crippen LogP contribution in [0.15, 0.2) is 9.59 Å². The Morgan fingerprint density at radius 1 is 1.24 bits per heavy atom. The largest absolute Gasteiger partial charge is 0.383 e. The summed E-state index contributed by atoms with van der Waals surface area (Å²) in [5, 5.41) is 5.41. The van der Waals surface area contributed by atoms with Gasteiger partial charge in [0.05, 0.1) is 6.54 Å². The molecule has 1 aromatic rings. The monoisotopic (exact) mass is 297 g/mol. The number of anilines is 2. The van der Waals surface area contributed by atoms with Gasteiger partial charge in [-0.2, -0.15) is 0 Å². The average molecular weight is 297 g/mol. The van der Waals surface area contributed by atoms with Crippen molar-refractivity contribution in [2.75, 3.05) is 24.1 Å². The Bertz CT molecular complexity index is 617. The molecule has 0 radical (unpaired) electrons. The molecule has 8 nitrogen and oxygen atoms in total. The number of hydrogen-bond acceptors (Lipinski definition) is 5. The molecule has 8 heteroatoms. The Hall–Kier alpha value is -2.25. The van der Waals surface area contributed by atoms with E-state index in [1.807, 2.05) is 13.8 Å². The number of carbonyl (C=O) groups excluding carboxylic acids is 1. The van der Waals surface area contributed by atoms with Crippen LogP contribution in [-0.4, -0.2) is 28.1 Å². The summed E-state index contributed by atoms with van der Waals surface area (Å²) < 4.78 is 2.31. The second kappa shape index (κ2) is 7.51. The molecule has 0 aromatic carbocycles. The first-order valence-electron chi connectivity index (χ1n) is 7.03. The van der Waals surface area contributed by atoms with Crippen LogP contribution in [0.3, 0.4) is 0 Å². The highest BCUT2D eigenvalue weighted by Gasteiger charge is 2.15. The van der Waals surface area contributed by atoms with Crippen LogP contribution in [0.4, 0.5) is 11.5 Å². The standard InChI is InChI=1S/C13H23N5O3/c1-4-6-15-9(19)8-16-10-11(14)18(7-5-2)13(21)17(3)12(10)20/h16H,4-8,14H2,1-3H3,(H,15,19). The summed E-state index contributed by atoms with van der Waals surface area (Å²) in [7, 11) is 1.39. The lowest BCUT2D eigenvalue weighted by atomic mass is 10.4. The lowest BCUT2D eigenvalue weighted by Gasteiger charge is -2.15. The summed E-state index contributed by atoms with van der Waals surface area (Å²) in [6, 6.07) is 0. The summed E-state index contributed by atoms with van der Waals surface area (Å²) in [6.45, 7) is 4.77.